The van der Waals surface area contributed by atoms with Crippen LogP contribution in [-0.4, -0.2) is 20.2 Å². The van der Waals surface area contributed by atoms with E-state index in [0.29, 0.717) is 16.1 Å². The first-order chi connectivity index (χ1) is 7.62. The molecule has 0 amide bonds. The number of esters is 1. The quantitative estimate of drug-likeness (QED) is 0.634. The van der Waals surface area contributed by atoms with Crippen molar-refractivity contribution in [2.24, 2.45) is 0 Å². The van der Waals surface area contributed by atoms with E-state index in [1.165, 1.54) is 7.11 Å². The zero-order valence-electron chi connectivity index (χ0n) is 9.05. The maximum Gasteiger partial charge on any atom is 0.309 e. The lowest BCUT2D eigenvalue weighted by atomic mass is 10.1. The molecule has 0 fully saturated rings. The van der Waals surface area contributed by atoms with Crippen LogP contribution in [0.3, 0.4) is 0 Å². The molecule has 0 bridgehead atoms. The molecule has 1 aromatic rings. The summed E-state index contributed by atoms with van der Waals surface area (Å²) in [6, 6.07) is 3.51. The van der Waals surface area contributed by atoms with E-state index in [4.69, 9.17) is 16.3 Å². The number of methoxy groups -OCH3 is 2. The molecular weight excluding hydrogens is 295 g/mol. The number of hydrogen-bond acceptors (Lipinski definition) is 3. The number of hydrogen-bond donors (Lipinski definition) is 0. The summed E-state index contributed by atoms with van der Waals surface area (Å²) in [7, 11) is 2.92. The largest absolute Gasteiger partial charge is 0.497 e. The lowest BCUT2D eigenvalue weighted by Gasteiger charge is -2.11. The molecule has 3 nitrogen and oxygen atoms in total. The average molecular weight is 308 g/mol. The summed E-state index contributed by atoms with van der Waals surface area (Å²) >= 11 is 9.42. The normalized spacial score (nSPS) is 10.0. The van der Waals surface area contributed by atoms with Crippen molar-refractivity contribution in [3.05, 3.63) is 28.3 Å². The maximum atomic E-state index is 11.2. The Morgan fingerprint density at radius 1 is 1.44 bits per heavy atom. The number of carbonyl (C=O) groups excluding carboxylic acids is 1. The van der Waals surface area contributed by atoms with Gasteiger partial charge in [-0.3, -0.25) is 4.79 Å². The molecule has 0 spiro atoms. The third-order valence-corrected chi connectivity index (χ3v) is 3.09. The van der Waals surface area contributed by atoms with Gasteiger partial charge in [-0.25, -0.2) is 0 Å². The second-order valence-corrected chi connectivity index (χ2v) is 4.10. The standard InChI is InChI=1S/C11H12BrClO3/c1-15-8-3-7(4-11(14)16-2)9(6-12)10(13)5-8/h3,5H,4,6H2,1-2H3. The zero-order chi connectivity index (χ0) is 12.1. The summed E-state index contributed by atoms with van der Waals surface area (Å²) in [5.74, 6) is 0.333. The first kappa shape index (κ1) is 13.3. The van der Waals surface area contributed by atoms with Crippen LogP contribution in [0, 0.1) is 0 Å². The van der Waals surface area contributed by atoms with Gasteiger partial charge in [-0.15, -0.1) is 0 Å². The Morgan fingerprint density at radius 2 is 2.12 bits per heavy atom. The van der Waals surface area contributed by atoms with Crippen LogP contribution >= 0.6 is 27.5 Å². The Hall–Kier alpha value is -0.740. The van der Waals surface area contributed by atoms with Crippen LogP contribution in [0.2, 0.25) is 5.02 Å². The maximum absolute atomic E-state index is 11.2. The fraction of sp³-hybridized carbons (Fsp3) is 0.364. The van der Waals surface area contributed by atoms with Gasteiger partial charge < -0.3 is 9.47 Å². The van der Waals surface area contributed by atoms with Crippen molar-refractivity contribution in [3.63, 3.8) is 0 Å². The fourth-order valence-corrected chi connectivity index (χ4v) is 2.44. The molecule has 1 rings (SSSR count). The Kier molecular flexibility index (Phi) is 5.09. The smallest absolute Gasteiger partial charge is 0.309 e. The highest BCUT2D eigenvalue weighted by atomic mass is 79.9. The Bertz CT molecular complexity index is 393. The zero-order valence-corrected chi connectivity index (χ0v) is 11.4. The van der Waals surface area contributed by atoms with Crippen LogP contribution < -0.4 is 4.74 Å². The van der Waals surface area contributed by atoms with E-state index in [2.05, 4.69) is 20.7 Å². The van der Waals surface area contributed by atoms with Crippen LogP contribution in [-0.2, 0) is 21.3 Å². The summed E-state index contributed by atoms with van der Waals surface area (Å²) in [4.78, 5) is 11.2. The second-order valence-electron chi connectivity index (χ2n) is 3.13. The van der Waals surface area contributed by atoms with E-state index < -0.39 is 0 Å². The van der Waals surface area contributed by atoms with E-state index in [-0.39, 0.29) is 12.4 Å². The molecule has 0 heterocycles. The lowest BCUT2D eigenvalue weighted by molar-refractivity contribution is -0.139. The van der Waals surface area contributed by atoms with Gasteiger partial charge in [0.2, 0.25) is 0 Å². The number of rotatable bonds is 4. The summed E-state index contributed by atoms with van der Waals surface area (Å²) < 4.78 is 9.73. The first-order valence-corrected chi connectivity index (χ1v) is 6.10. The van der Waals surface area contributed by atoms with Gasteiger partial charge in [0, 0.05) is 10.4 Å². The minimum atomic E-state index is -0.300. The number of carbonyl (C=O) groups is 1. The van der Waals surface area contributed by atoms with Crippen molar-refractivity contribution in [2.75, 3.05) is 14.2 Å². The fourth-order valence-electron chi connectivity index (χ4n) is 1.32. The highest BCUT2D eigenvalue weighted by Gasteiger charge is 2.12. The molecule has 0 unspecified atom stereocenters. The number of halogens is 2. The van der Waals surface area contributed by atoms with Crippen molar-refractivity contribution in [2.45, 2.75) is 11.8 Å². The molecule has 0 radical (unpaired) electrons. The van der Waals surface area contributed by atoms with Crippen LogP contribution in [0.4, 0.5) is 0 Å². The van der Waals surface area contributed by atoms with Crippen molar-refractivity contribution < 1.29 is 14.3 Å². The molecule has 0 aliphatic carbocycles. The third-order valence-electron chi connectivity index (χ3n) is 2.19. The van der Waals surface area contributed by atoms with Crippen LogP contribution in [0.15, 0.2) is 12.1 Å². The molecule has 0 atom stereocenters. The summed E-state index contributed by atoms with van der Waals surface area (Å²) in [6.45, 7) is 0. The second kappa shape index (κ2) is 6.11. The molecule has 0 saturated carbocycles. The van der Waals surface area contributed by atoms with Gasteiger partial charge in [-0.2, -0.15) is 0 Å². The summed E-state index contributed by atoms with van der Waals surface area (Å²) in [5.41, 5.74) is 1.70. The van der Waals surface area contributed by atoms with Crippen LogP contribution in [0.25, 0.3) is 0 Å². The van der Waals surface area contributed by atoms with Crippen molar-refractivity contribution in [1.29, 1.82) is 0 Å². The van der Waals surface area contributed by atoms with Crippen molar-refractivity contribution in [1.82, 2.24) is 0 Å². The number of benzene rings is 1. The van der Waals surface area contributed by atoms with Crippen LogP contribution in [0.1, 0.15) is 11.1 Å². The Labute approximate surface area is 108 Å². The SMILES string of the molecule is COC(=O)Cc1cc(OC)cc(Cl)c1CBr. The average Bonchev–Trinajstić information content (AvgIpc) is 2.28. The van der Waals surface area contributed by atoms with Gasteiger partial charge in [-0.05, 0) is 23.3 Å². The number of alkyl halides is 1. The topological polar surface area (TPSA) is 35.5 Å². The molecule has 0 aliphatic heterocycles. The molecule has 0 aromatic heterocycles. The monoisotopic (exact) mass is 306 g/mol. The van der Waals surface area contributed by atoms with E-state index in [0.717, 1.165) is 11.1 Å². The van der Waals surface area contributed by atoms with Crippen LogP contribution in [0.5, 0.6) is 5.75 Å². The highest BCUT2D eigenvalue weighted by Crippen LogP contribution is 2.29. The van der Waals surface area contributed by atoms with E-state index in [9.17, 15) is 4.79 Å². The lowest BCUT2D eigenvalue weighted by Crippen LogP contribution is -2.07. The minimum Gasteiger partial charge on any atom is -0.497 e. The van der Waals surface area contributed by atoms with Crippen molar-refractivity contribution in [3.8, 4) is 5.75 Å². The molecule has 1 aromatic carbocycles. The molecule has 5 heteroatoms. The molecular formula is C11H12BrClO3. The van der Waals surface area contributed by atoms with E-state index in [1.807, 2.05) is 0 Å². The van der Waals surface area contributed by atoms with E-state index in [1.54, 1.807) is 19.2 Å². The van der Waals surface area contributed by atoms with Gasteiger partial charge in [0.1, 0.15) is 5.75 Å². The third kappa shape index (κ3) is 3.12. The molecule has 0 saturated heterocycles. The first-order valence-electron chi connectivity index (χ1n) is 4.60. The summed E-state index contributed by atoms with van der Waals surface area (Å²) in [6.07, 6.45) is 0.189. The van der Waals surface area contributed by atoms with Gasteiger partial charge in [0.05, 0.1) is 20.6 Å². The molecule has 0 N–H and O–H groups in total. The van der Waals surface area contributed by atoms with Gasteiger partial charge in [0.15, 0.2) is 0 Å². The molecule has 0 aliphatic rings. The van der Waals surface area contributed by atoms with Gasteiger partial charge in [0.25, 0.3) is 0 Å². The molecule has 16 heavy (non-hydrogen) atoms. The number of ether oxygens (including phenoxy) is 2. The summed E-state index contributed by atoms with van der Waals surface area (Å²) in [5, 5.41) is 1.16. The van der Waals surface area contributed by atoms with Gasteiger partial charge >= 0.3 is 5.97 Å². The van der Waals surface area contributed by atoms with E-state index >= 15 is 0 Å². The predicted molar refractivity (Wildman–Crippen MR) is 66.4 cm³/mol. The Balaban J connectivity index is 3.12. The predicted octanol–water partition coefficient (Wildman–Crippen LogP) is 2.96. The molecule has 88 valence electrons. The Morgan fingerprint density at radius 3 is 2.62 bits per heavy atom. The minimum absolute atomic E-state index is 0.189. The van der Waals surface area contributed by atoms with Crippen molar-refractivity contribution >= 4 is 33.5 Å². The van der Waals surface area contributed by atoms with Gasteiger partial charge in [-0.1, -0.05) is 27.5 Å². The highest BCUT2D eigenvalue weighted by molar-refractivity contribution is 9.08.